The van der Waals surface area contributed by atoms with E-state index in [1.54, 1.807) is 141 Å². The molecule has 1 unspecified atom stereocenters. The fraction of sp³-hybridized carbons (Fsp3) is 0.289. The van der Waals surface area contributed by atoms with Gasteiger partial charge in [-0.05, 0) is 74.5 Å². The second kappa shape index (κ2) is 23.2. The van der Waals surface area contributed by atoms with Crippen LogP contribution in [0.15, 0.2) is 119 Å². The Bertz CT molecular complexity index is 2650. The van der Waals surface area contributed by atoms with Crippen molar-refractivity contribution in [2.75, 3.05) is 50.6 Å². The lowest BCUT2D eigenvalue weighted by Crippen LogP contribution is -2.18. The van der Waals surface area contributed by atoms with Gasteiger partial charge in [0, 0.05) is 104 Å². The Morgan fingerprint density at radius 2 is 1.09 bits per heavy atom. The molecule has 0 aliphatic heterocycles. The summed E-state index contributed by atoms with van der Waals surface area (Å²) in [7, 11) is 2.15. The monoisotopic (exact) mass is 918 g/mol. The lowest BCUT2D eigenvalue weighted by Gasteiger charge is -2.16. The summed E-state index contributed by atoms with van der Waals surface area (Å²) >= 11 is 0. The number of hydrogen-bond acceptors (Lipinski definition) is 13. The molecular weight excluding hydrogens is 865 g/mol. The van der Waals surface area contributed by atoms with E-state index in [0.717, 1.165) is 6.26 Å². The smallest absolute Gasteiger partial charge is 0.257 e. The van der Waals surface area contributed by atoms with Crippen molar-refractivity contribution in [1.82, 2.24) is 19.6 Å². The maximum Gasteiger partial charge on any atom is 0.257 e. The number of amides is 2. The average molecular weight is 919 g/mol. The molecule has 6 rings (SSSR count). The van der Waals surface area contributed by atoms with E-state index in [4.69, 9.17) is 28.4 Å². The van der Waals surface area contributed by atoms with Crippen LogP contribution in [0.25, 0.3) is 0 Å². The summed E-state index contributed by atoms with van der Waals surface area (Å²) in [5.74, 6) is 2.49. The average Bonchev–Trinajstić information content (AvgIpc) is 3.83. The van der Waals surface area contributed by atoms with Crippen molar-refractivity contribution >= 4 is 44.1 Å². The Kier molecular flexibility index (Phi) is 18.2. The molecule has 0 radical (unpaired) electrons. The van der Waals surface area contributed by atoms with Crippen LogP contribution in [0.3, 0.4) is 0 Å². The molecule has 0 aliphatic carbocycles. The molecule has 17 nitrogen and oxygen atoms in total. The number of benzene rings is 4. The fourth-order valence-corrected chi connectivity index (χ4v) is 6.97. The van der Waals surface area contributed by atoms with E-state index < -0.39 is 26.5 Å². The Morgan fingerprint density at radius 1 is 0.656 bits per heavy atom. The predicted octanol–water partition coefficient (Wildman–Crippen LogP) is 7.53. The van der Waals surface area contributed by atoms with Crippen molar-refractivity contribution in [3.63, 3.8) is 0 Å². The molecule has 2 amide bonds. The van der Waals surface area contributed by atoms with Crippen LogP contribution in [0.1, 0.15) is 42.0 Å². The molecule has 64 heavy (non-hydrogen) atoms. The van der Waals surface area contributed by atoms with Crippen LogP contribution in [-0.2, 0) is 44.2 Å². The van der Waals surface area contributed by atoms with Crippen LogP contribution in [0.5, 0.6) is 34.5 Å². The van der Waals surface area contributed by atoms with E-state index in [1.807, 2.05) is 13.8 Å². The standard InChI is InChI=1S/C22H25N3O6S.C22H25N3O5S.CH4/c1-15(14-29-3)30-18-10-16(22(26)23-21-8-9-25(2)24-21)11-19(12-18)31-17-6-5-7-20(13-17)32(4,27)28;1-15(14-28-3)29-18-10-16(22(26)23-21-8-9-25(2)24-21)11-19(12-18)30-17-6-5-7-20(13-17)31(4)27;/h5-13,15H,14H2,1-4H3,(H,23,24,26);5-13,15H,14H2,1-4H3,(H,23,24,26);1H4/t15-;15-,31?;/m00./s1. The maximum atomic E-state index is 12.8. The maximum absolute atomic E-state index is 12.8. The SMILES string of the molecule is C.COC[C@H](C)Oc1cc(Oc2cccc(S(C)(=O)=O)c2)cc(C(=O)Nc2ccn(C)n2)c1.COC[C@H](C)Oc1cc(Oc2cccc(S(C)=O)c2)cc(C(=O)Nc2ccn(C)n2)c1. The number of rotatable bonds is 18. The molecule has 342 valence electrons. The first-order valence-electron chi connectivity index (χ1n) is 19.3. The molecule has 2 aromatic heterocycles. The molecule has 19 heteroatoms. The van der Waals surface area contributed by atoms with Crippen LogP contribution in [0.4, 0.5) is 11.6 Å². The largest absolute Gasteiger partial charge is 0.488 e. The highest BCUT2D eigenvalue weighted by atomic mass is 32.2. The first kappa shape index (κ1) is 50.1. The summed E-state index contributed by atoms with van der Waals surface area (Å²) in [5.41, 5.74) is 0.630. The molecule has 6 aromatic rings. The highest BCUT2D eigenvalue weighted by Crippen LogP contribution is 2.31. The third-order valence-electron chi connectivity index (χ3n) is 8.51. The second-order valence-electron chi connectivity index (χ2n) is 14.2. The second-order valence-corrected chi connectivity index (χ2v) is 17.6. The first-order chi connectivity index (χ1) is 30.0. The molecule has 4 aromatic carbocycles. The van der Waals surface area contributed by atoms with Gasteiger partial charge in [-0.15, -0.1) is 0 Å². The quantitative estimate of drug-likeness (QED) is 0.0858. The highest BCUT2D eigenvalue weighted by molar-refractivity contribution is 7.90. The van der Waals surface area contributed by atoms with E-state index in [0.29, 0.717) is 69.8 Å². The van der Waals surface area contributed by atoms with Gasteiger partial charge in [-0.25, -0.2) is 8.42 Å². The Labute approximate surface area is 376 Å². The van der Waals surface area contributed by atoms with Crippen LogP contribution in [0, 0.1) is 0 Å². The third-order valence-corrected chi connectivity index (χ3v) is 10.5. The molecule has 0 bridgehead atoms. The van der Waals surface area contributed by atoms with Gasteiger partial charge in [-0.3, -0.25) is 23.2 Å². The van der Waals surface area contributed by atoms with E-state index in [9.17, 15) is 22.2 Å². The minimum absolute atomic E-state index is 0. The zero-order chi connectivity index (χ0) is 45.7. The molecule has 0 saturated heterocycles. The molecule has 0 aliphatic rings. The number of aryl methyl sites for hydroxylation is 2. The summed E-state index contributed by atoms with van der Waals surface area (Å²) in [6.07, 6.45) is 5.68. The van der Waals surface area contributed by atoms with Crippen molar-refractivity contribution < 1.29 is 50.6 Å². The summed E-state index contributed by atoms with van der Waals surface area (Å²) in [5, 5.41) is 13.8. The minimum atomic E-state index is -3.39. The van der Waals surface area contributed by atoms with Gasteiger partial charge in [-0.2, -0.15) is 10.2 Å². The molecule has 3 atom stereocenters. The van der Waals surface area contributed by atoms with Gasteiger partial charge in [0.1, 0.15) is 46.7 Å². The van der Waals surface area contributed by atoms with Crippen molar-refractivity contribution in [3.8, 4) is 34.5 Å². The zero-order valence-corrected chi connectivity index (χ0v) is 37.7. The highest BCUT2D eigenvalue weighted by Gasteiger charge is 2.17. The first-order valence-corrected chi connectivity index (χ1v) is 22.8. The fourth-order valence-electron chi connectivity index (χ4n) is 5.76. The van der Waals surface area contributed by atoms with Gasteiger partial charge in [0.15, 0.2) is 21.5 Å². The summed E-state index contributed by atoms with van der Waals surface area (Å²) < 4.78 is 72.4. The predicted molar refractivity (Wildman–Crippen MR) is 244 cm³/mol. The summed E-state index contributed by atoms with van der Waals surface area (Å²) in [4.78, 5) is 26.4. The van der Waals surface area contributed by atoms with E-state index in [2.05, 4.69) is 20.8 Å². The number of aromatic nitrogens is 4. The number of carbonyl (C=O) groups is 2. The van der Waals surface area contributed by atoms with Crippen molar-refractivity contribution in [1.29, 1.82) is 0 Å². The molecule has 0 saturated carbocycles. The van der Waals surface area contributed by atoms with Crippen LogP contribution in [0.2, 0.25) is 0 Å². The normalized spacial score (nSPS) is 12.3. The van der Waals surface area contributed by atoms with Crippen molar-refractivity contribution in [2.45, 2.75) is 43.3 Å². The number of hydrogen-bond donors (Lipinski definition) is 2. The molecule has 0 fully saturated rings. The lowest BCUT2D eigenvalue weighted by molar-refractivity contribution is 0.0915. The van der Waals surface area contributed by atoms with E-state index in [1.165, 1.54) is 12.1 Å². The number of anilines is 2. The minimum Gasteiger partial charge on any atom is -0.488 e. The van der Waals surface area contributed by atoms with Gasteiger partial charge < -0.3 is 39.1 Å². The van der Waals surface area contributed by atoms with Crippen LogP contribution < -0.4 is 29.6 Å². The molecular formula is C45H54N6O11S2. The van der Waals surface area contributed by atoms with Gasteiger partial charge in [0.2, 0.25) is 0 Å². The Balaban J connectivity index is 0.000000276. The van der Waals surface area contributed by atoms with E-state index >= 15 is 0 Å². The molecule has 2 N–H and O–H groups in total. The number of methoxy groups -OCH3 is 2. The van der Waals surface area contributed by atoms with Crippen molar-refractivity contribution in [2.24, 2.45) is 14.1 Å². The summed E-state index contributed by atoms with van der Waals surface area (Å²) in [6, 6.07) is 26.2. The number of ether oxygens (including phenoxy) is 6. The lowest BCUT2D eigenvalue weighted by atomic mass is 10.2. The Hall–Kier alpha value is -6.54. The summed E-state index contributed by atoms with van der Waals surface area (Å²) in [6.45, 7) is 4.45. The van der Waals surface area contributed by atoms with Crippen LogP contribution >= 0.6 is 0 Å². The van der Waals surface area contributed by atoms with Gasteiger partial charge in [0.05, 0.1) is 18.1 Å². The van der Waals surface area contributed by atoms with Gasteiger partial charge in [0.25, 0.3) is 11.8 Å². The number of nitrogens with zero attached hydrogens (tertiary/aromatic N) is 4. The Morgan fingerprint density at radius 3 is 1.50 bits per heavy atom. The number of nitrogens with one attached hydrogen (secondary N) is 2. The van der Waals surface area contributed by atoms with Crippen LogP contribution in [-0.4, -0.2) is 96.2 Å². The number of carbonyl (C=O) groups excluding carboxylic acids is 2. The number of sulfone groups is 1. The third kappa shape index (κ3) is 15.4. The topological polar surface area (TPSA) is 200 Å². The van der Waals surface area contributed by atoms with Crippen molar-refractivity contribution in [3.05, 3.63) is 121 Å². The van der Waals surface area contributed by atoms with Gasteiger partial charge in [-0.1, -0.05) is 19.6 Å². The molecule has 2 heterocycles. The van der Waals surface area contributed by atoms with E-state index in [-0.39, 0.29) is 36.0 Å². The van der Waals surface area contributed by atoms with Gasteiger partial charge >= 0.3 is 0 Å². The zero-order valence-electron chi connectivity index (χ0n) is 36.1. The molecule has 0 spiro atoms.